The zero-order chi connectivity index (χ0) is 16.8. The number of imide groups is 1. The molecule has 128 valence electrons. The Labute approximate surface area is 135 Å². The molecule has 4 heteroatoms. The first-order chi connectivity index (χ1) is 10.5. The summed E-state index contributed by atoms with van der Waals surface area (Å²) in [6.45, 7) is 8.48. The predicted octanol–water partition coefficient (Wildman–Crippen LogP) is 3.52. The average molecular weight is 311 g/mol. The zero-order valence-electron chi connectivity index (χ0n) is 14.7. The summed E-state index contributed by atoms with van der Waals surface area (Å²) in [5, 5.41) is 10.9. The van der Waals surface area contributed by atoms with Crippen molar-refractivity contribution in [2.24, 2.45) is 11.8 Å². The fourth-order valence-electron chi connectivity index (χ4n) is 3.53. The van der Waals surface area contributed by atoms with Gasteiger partial charge in [-0.3, -0.25) is 14.5 Å². The molecule has 1 heterocycles. The molecule has 1 aliphatic rings. The Bertz CT molecular complexity index is 377. The van der Waals surface area contributed by atoms with Crippen molar-refractivity contribution in [3.8, 4) is 0 Å². The molecule has 0 spiro atoms. The molecule has 2 amide bonds. The van der Waals surface area contributed by atoms with E-state index in [4.69, 9.17) is 0 Å². The highest BCUT2D eigenvalue weighted by Gasteiger charge is 2.54. The second-order valence-electron chi connectivity index (χ2n) is 6.57. The molecule has 1 N–H and O–H groups in total. The highest BCUT2D eigenvalue weighted by atomic mass is 16.3. The van der Waals surface area contributed by atoms with Gasteiger partial charge in [0.05, 0.1) is 17.4 Å². The van der Waals surface area contributed by atoms with Crippen LogP contribution in [-0.2, 0) is 9.59 Å². The number of carbonyl (C=O) groups is 2. The van der Waals surface area contributed by atoms with Gasteiger partial charge in [-0.25, -0.2) is 0 Å². The number of aliphatic hydroxyl groups is 1. The first-order valence-electron chi connectivity index (χ1n) is 9.04. The van der Waals surface area contributed by atoms with Crippen molar-refractivity contribution in [2.75, 3.05) is 6.54 Å². The van der Waals surface area contributed by atoms with E-state index in [-0.39, 0.29) is 17.7 Å². The normalized spacial score (nSPS) is 22.7. The molecule has 0 aromatic carbocycles. The van der Waals surface area contributed by atoms with E-state index in [1.807, 2.05) is 13.8 Å². The molecule has 1 rings (SSSR count). The molecule has 0 bridgehead atoms. The predicted molar refractivity (Wildman–Crippen MR) is 88.3 cm³/mol. The molecule has 1 aliphatic heterocycles. The number of hydrogen-bond acceptors (Lipinski definition) is 3. The summed E-state index contributed by atoms with van der Waals surface area (Å²) in [5.74, 6) is -1.09. The summed E-state index contributed by atoms with van der Waals surface area (Å²) in [5.41, 5.74) is -1.05. The van der Waals surface area contributed by atoms with Crippen LogP contribution >= 0.6 is 0 Å². The largest absolute Gasteiger partial charge is 0.389 e. The minimum atomic E-state index is -1.05. The third-order valence-corrected chi connectivity index (χ3v) is 5.18. The van der Waals surface area contributed by atoms with Gasteiger partial charge in [0, 0.05) is 6.54 Å². The lowest BCUT2D eigenvalue weighted by Gasteiger charge is -2.33. The number of rotatable bonds is 10. The highest BCUT2D eigenvalue weighted by molar-refractivity contribution is 6.05. The number of likely N-dealkylation sites (tertiary alicyclic amines) is 1. The van der Waals surface area contributed by atoms with Crippen molar-refractivity contribution in [1.29, 1.82) is 0 Å². The smallest absolute Gasteiger partial charge is 0.236 e. The van der Waals surface area contributed by atoms with Crippen molar-refractivity contribution in [2.45, 2.75) is 84.7 Å². The van der Waals surface area contributed by atoms with Crippen molar-refractivity contribution in [1.82, 2.24) is 4.90 Å². The SMILES string of the molecule is CCCCC[C@@H]1C(=O)N(CCCC)C(=O)[C@H]1C(O)(CC)CC. The van der Waals surface area contributed by atoms with E-state index in [1.165, 1.54) is 4.90 Å². The molecule has 4 nitrogen and oxygen atoms in total. The van der Waals surface area contributed by atoms with Gasteiger partial charge in [-0.1, -0.05) is 53.4 Å². The first-order valence-corrected chi connectivity index (χ1v) is 9.04. The van der Waals surface area contributed by atoms with Crippen LogP contribution in [0.5, 0.6) is 0 Å². The number of hydrogen-bond donors (Lipinski definition) is 1. The van der Waals surface area contributed by atoms with Gasteiger partial charge in [0.15, 0.2) is 0 Å². The Morgan fingerprint density at radius 1 is 0.955 bits per heavy atom. The molecular weight excluding hydrogens is 278 g/mol. The monoisotopic (exact) mass is 311 g/mol. The number of carbonyl (C=O) groups excluding carboxylic acids is 2. The summed E-state index contributed by atoms with van der Waals surface area (Å²) in [6, 6.07) is 0. The van der Waals surface area contributed by atoms with Gasteiger partial charge in [-0.15, -0.1) is 0 Å². The van der Waals surface area contributed by atoms with Crippen LogP contribution in [0.1, 0.15) is 79.1 Å². The Hall–Kier alpha value is -0.900. The molecular formula is C18H33NO3. The molecule has 1 saturated heterocycles. The quantitative estimate of drug-likeness (QED) is 0.496. The summed E-state index contributed by atoms with van der Waals surface area (Å²) in [6.07, 6.45) is 6.63. The number of amides is 2. The Morgan fingerprint density at radius 3 is 2.05 bits per heavy atom. The van der Waals surface area contributed by atoms with Crippen LogP contribution in [0.4, 0.5) is 0 Å². The van der Waals surface area contributed by atoms with Gasteiger partial charge < -0.3 is 5.11 Å². The van der Waals surface area contributed by atoms with E-state index in [0.717, 1.165) is 32.1 Å². The number of nitrogens with zero attached hydrogens (tertiary/aromatic N) is 1. The summed E-state index contributed by atoms with van der Waals surface area (Å²) in [7, 11) is 0. The lowest BCUT2D eigenvalue weighted by Crippen LogP contribution is -2.44. The van der Waals surface area contributed by atoms with Gasteiger partial charge in [0.2, 0.25) is 11.8 Å². The lowest BCUT2D eigenvalue weighted by molar-refractivity contribution is -0.143. The van der Waals surface area contributed by atoms with E-state index >= 15 is 0 Å². The third kappa shape index (κ3) is 3.89. The maximum atomic E-state index is 12.8. The number of unbranched alkanes of at least 4 members (excludes halogenated alkanes) is 3. The summed E-state index contributed by atoms with van der Waals surface area (Å²) in [4.78, 5) is 26.9. The van der Waals surface area contributed by atoms with Crippen LogP contribution in [0.3, 0.4) is 0 Å². The third-order valence-electron chi connectivity index (χ3n) is 5.18. The standard InChI is InChI=1S/C18H33NO3/c1-5-9-11-12-14-15(18(22,7-3)8-4)17(21)19(16(14)20)13-10-6-2/h14-15,22H,5-13H2,1-4H3/t14-,15-/m0/s1. The maximum Gasteiger partial charge on any atom is 0.236 e. The van der Waals surface area contributed by atoms with Crippen LogP contribution in [0.25, 0.3) is 0 Å². The van der Waals surface area contributed by atoms with Gasteiger partial charge in [-0.2, -0.15) is 0 Å². The lowest BCUT2D eigenvalue weighted by atomic mass is 9.74. The minimum Gasteiger partial charge on any atom is -0.389 e. The molecule has 0 radical (unpaired) electrons. The second kappa shape index (κ2) is 8.66. The Balaban J connectivity index is 3.00. The zero-order valence-corrected chi connectivity index (χ0v) is 14.7. The maximum absolute atomic E-state index is 12.8. The summed E-state index contributed by atoms with van der Waals surface area (Å²) < 4.78 is 0. The Morgan fingerprint density at radius 2 is 1.55 bits per heavy atom. The highest BCUT2D eigenvalue weighted by Crippen LogP contribution is 2.41. The van der Waals surface area contributed by atoms with E-state index in [2.05, 4.69) is 13.8 Å². The molecule has 0 aliphatic carbocycles. The molecule has 0 unspecified atom stereocenters. The summed E-state index contributed by atoms with van der Waals surface area (Å²) >= 11 is 0. The molecule has 1 fully saturated rings. The van der Waals surface area contributed by atoms with Crippen LogP contribution in [0.15, 0.2) is 0 Å². The van der Waals surface area contributed by atoms with Crippen LogP contribution in [0, 0.1) is 11.8 Å². The fourth-order valence-corrected chi connectivity index (χ4v) is 3.53. The first kappa shape index (κ1) is 19.1. The van der Waals surface area contributed by atoms with E-state index in [0.29, 0.717) is 25.8 Å². The van der Waals surface area contributed by atoms with Crippen LogP contribution < -0.4 is 0 Å². The molecule has 0 aromatic heterocycles. The van der Waals surface area contributed by atoms with E-state index < -0.39 is 11.5 Å². The average Bonchev–Trinajstić information content (AvgIpc) is 2.76. The molecule has 22 heavy (non-hydrogen) atoms. The van der Waals surface area contributed by atoms with Crippen molar-refractivity contribution < 1.29 is 14.7 Å². The van der Waals surface area contributed by atoms with Crippen LogP contribution in [0.2, 0.25) is 0 Å². The second-order valence-corrected chi connectivity index (χ2v) is 6.57. The topological polar surface area (TPSA) is 57.6 Å². The van der Waals surface area contributed by atoms with Crippen molar-refractivity contribution >= 4 is 11.8 Å². The van der Waals surface area contributed by atoms with Crippen LogP contribution in [-0.4, -0.2) is 34.0 Å². The van der Waals surface area contributed by atoms with E-state index in [1.54, 1.807) is 0 Å². The molecule has 0 saturated carbocycles. The van der Waals surface area contributed by atoms with Crippen molar-refractivity contribution in [3.05, 3.63) is 0 Å². The van der Waals surface area contributed by atoms with E-state index in [9.17, 15) is 14.7 Å². The van der Waals surface area contributed by atoms with Gasteiger partial charge in [0.1, 0.15) is 0 Å². The molecule has 2 atom stereocenters. The Kier molecular flexibility index (Phi) is 7.54. The van der Waals surface area contributed by atoms with Gasteiger partial charge in [-0.05, 0) is 25.7 Å². The minimum absolute atomic E-state index is 0.0557. The fraction of sp³-hybridized carbons (Fsp3) is 0.889. The molecule has 0 aromatic rings. The van der Waals surface area contributed by atoms with Gasteiger partial charge >= 0.3 is 0 Å². The van der Waals surface area contributed by atoms with Crippen molar-refractivity contribution in [3.63, 3.8) is 0 Å². The van der Waals surface area contributed by atoms with Gasteiger partial charge in [0.25, 0.3) is 0 Å².